The molecule has 0 unspecified atom stereocenters. The lowest BCUT2D eigenvalue weighted by Gasteiger charge is -2.42. The van der Waals surface area contributed by atoms with Crippen LogP contribution in [0.5, 0.6) is 0 Å². The molecule has 5 nitrogen and oxygen atoms in total. The second-order valence-electron chi connectivity index (χ2n) is 7.00. The number of amides is 2. The van der Waals surface area contributed by atoms with Crippen LogP contribution in [0.2, 0.25) is 0 Å². The van der Waals surface area contributed by atoms with Crippen molar-refractivity contribution in [1.29, 1.82) is 0 Å². The number of para-hydroxylation sites is 1. The number of nitrogens with one attached hydrogen (secondary N) is 1. The number of rotatable bonds is 2. The molecule has 2 amide bonds. The second kappa shape index (κ2) is 6.84. The number of carbonyl (C=O) groups is 1. The van der Waals surface area contributed by atoms with Crippen LogP contribution < -0.4 is 5.32 Å². The first kappa shape index (κ1) is 16.1. The fourth-order valence-corrected chi connectivity index (χ4v) is 4.03. The van der Waals surface area contributed by atoms with Gasteiger partial charge in [0.25, 0.3) is 0 Å². The van der Waals surface area contributed by atoms with E-state index < -0.39 is 0 Å². The van der Waals surface area contributed by atoms with Crippen LogP contribution in [0.25, 0.3) is 11.1 Å². The van der Waals surface area contributed by atoms with Gasteiger partial charge < -0.3 is 10.2 Å². The van der Waals surface area contributed by atoms with E-state index in [1.165, 1.54) is 19.4 Å². The van der Waals surface area contributed by atoms with Crippen LogP contribution >= 0.6 is 0 Å². The van der Waals surface area contributed by atoms with Gasteiger partial charge in [-0.05, 0) is 50.1 Å². The van der Waals surface area contributed by atoms with Gasteiger partial charge >= 0.3 is 6.03 Å². The molecular formula is C20H24N4O. The number of urea groups is 1. The lowest BCUT2D eigenvalue weighted by atomic mass is 10.0. The minimum absolute atomic E-state index is 0.000515. The van der Waals surface area contributed by atoms with Crippen molar-refractivity contribution in [1.82, 2.24) is 14.8 Å². The number of nitrogens with zero attached hydrogens (tertiary/aromatic N) is 3. The van der Waals surface area contributed by atoms with Gasteiger partial charge in [0.1, 0.15) is 0 Å². The maximum atomic E-state index is 12.9. The summed E-state index contributed by atoms with van der Waals surface area (Å²) in [5, 5.41) is 3.14. The minimum Gasteiger partial charge on any atom is -0.319 e. The Labute approximate surface area is 148 Å². The molecule has 1 N–H and O–H groups in total. The van der Waals surface area contributed by atoms with Gasteiger partial charge in [0.05, 0.1) is 5.69 Å². The number of anilines is 1. The summed E-state index contributed by atoms with van der Waals surface area (Å²) < 4.78 is 0. The monoisotopic (exact) mass is 336 g/mol. The van der Waals surface area contributed by atoms with Crippen molar-refractivity contribution < 1.29 is 4.79 Å². The van der Waals surface area contributed by atoms with E-state index in [4.69, 9.17) is 0 Å². The molecule has 2 aliphatic heterocycles. The summed E-state index contributed by atoms with van der Waals surface area (Å²) in [6.07, 6.45) is 5.99. The highest BCUT2D eigenvalue weighted by atomic mass is 16.2. The van der Waals surface area contributed by atoms with Crippen LogP contribution in [0.15, 0.2) is 48.8 Å². The number of piperazine rings is 1. The molecule has 0 radical (unpaired) electrons. The van der Waals surface area contributed by atoms with E-state index in [1.54, 1.807) is 12.4 Å². The maximum absolute atomic E-state index is 12.9. The maximum Gasteiger partial charge on any atom is 0.322 e. The number of benzene rings is 1. The molecule has 3 heterocycles. The Bertz CT molecular complexity index is 748. The Morgan fingerprint density at radius 3 is 2.80 bits per heavy atom. The number of pyridine rings is 1. The number of hydrogen-bond donors (Lipinski definition) is 1. The molecule has 2 fully saturated rings. The van der Waals surface area contributed by atoms with Gasteiger partial charge in [0, 0.05) is 43.1 Å². The highest BCUT2D eigenvalue weighted by Crippen LogP contribution is 2.29. The van der Waals surface area contributed by atoms with Crippen molar-refractivity contribution in [2.75, 3.05) is 25.0 Å². The first-order valence-corrected chi connectivity index (χ1v) is 9.03. The summed E-state index contributed by atoms with van der Waals surface area (Å²) in [6, 6.07) is 12.6. The van der Waals surface area contributed by atoms with Gasteiger partial charge in [-0.3, -0.25) is 9.88 Å². The smallest absolute Gasteiger partial charge is 0.319 e. The molecule has 0 aliphatic carbocycles. The first-order valence-electron chi connectivity index (χ1n) is 9.03. The van der Waals surface area contributed by atoms with Gasteiger partial charge in [-0.2, -0.15) is 0 Å². The van der Waals surface area contributed by atoms with Crippen molar-refractivity contribution in [2.45, 2.75) is 31.8 Å². The van der Waals surface area contributed by atoms with Crippen molar-refractivity contribution in [3.63, 3.8) is 0 Å². The van der Waals surface area contributed by atoms with Crippen LogP contribution in [0.4, 0.5) is 10.5 Å². The molecule has 1 aromatic heterocycles. The fraction of sp³-hybridized carbons (Fsp3) is 0.400. The number of hydrogen-bond acceptors (Lipinski definition) is 3. The normalized spacial score (nSPS) is 23.3. The van der Waals surface area contributed by atoms with E-state index in [1.807, 2.05) is 41.3 Å². The van der Waals surface area contributed by atoms with Crippen LogP contribution in [0.3, 0.4) is 0 Å². The average molecular weight is 336 g/mol. The Morgan fingerprint density at radius 1 is 1.16 bits per heavy atom. The van der Waals surface area contributed by atoms with E-state index in [-0.39, 0.29) is 12.1 Å². The van der Waals surface area contributed by atoms with Crippen molar-refractivity contribution in [3.05, 3.63) is 48.8 Å². The molecule has 2 aliphatic rings. The molecule has 0 bridgehead atoms. The van der Waals surface area contributed by atoms with E-state index >= 15 is 0 Å². The van der Waals surface area contributed by atoms with Gasteiger partial charge in [0.15, 0.2) is 0 Å². The van der Waals surface area contributed by atoms with Crippen molar-refractivity contribution in [2.24, 2.45) is 0 Å². The topological polar surface area (TPSA) is 48.5 Å². The standard InChI is InChI=1S/C20H24N4O/c1-15-13-23-12-4-5-17(23)14-24(15)20(25)22-19-7-3-2-6-18(19)16-8-10-21-11-9-16/h2-3,6-11,15,17H,4-5,12-14H2,1H3,(H,22,25)/t15-,17+/m1/s1. The summed E-state index contributed by atoms with van der Waals surface area (Å²) in [4.78, 5) is 21.5. The van der Waals surface area contributed by atoms with Gasteiger partial charge in [-0.1, -0.05) is 18.2 Å². The first-order chi connectivity index (χ1) is 12.2. The Kier molecular flexibility index (Phi) is 4.40. The van der Waals surface area contributed by atoms with Crippen LogP contribution in [-0.2, 0) is 0 Å². The van der Waals surface area contributed by atoms with Crippen LogP contribution in [-0.4, -0.2) is 52.5 Å². The number of aromatic nitrogens is 1. The highest BCUT2D eigenvalue weighted by molar-refractivity contribution is 5.94. The quantitative estimate of drug-likeness (QED) is 0.914. The second-order valence-corrected chi connectivity index (χ2v) is 7.00. The third-order valence-electron chi connectivity index (χ3n) is 5.36. The highest BCUT2D eigenvalue weighted by Gasteiger charge is 2.36. The Morgan fingerprint density at radius 2 is 1.96 bits per heavy atom. The molecule has 2 saturated heterocycles. The number of carbonyl (C=O) groups excluding carboxylic acids is 1. The van der Waals surface area contributed by atoms with E-state index in [2.05, 4.69) is 22.1 Å². The molecule has 4 rings (SSSR count). The largest absolute Gasteiger partial charge is 0.322 e. The van der Waals surface area contributed by atoms with E-state index in [9.17, 15) is 4.79 Å². The molecule has 1 aromatic carbocycles. The summed E-state index contributed by atoms with van der Waals surface area (Å²) >= 11 is 0. The van der Waals surface area contributed by atoms with E-state index in [0.717, 1.165) is 29.9 Å². The Hall–Kier alpha value is -2.40. The zero-order chi connectivity index (χ0) is 17.2. The van der Waals surface area contributed by atoms with E-state index in [0.29, 0.717) is 6.04 Å². The summed E-state index contributed by atoms with van der Waals surface area (Å²) in [6.45, 7) is 5.12. The predicted molar refractivity (Wildman–Crippen MR) is 99.5 cm³/mol. The zero-order valence-corrected chi connectivity index (χ0v) is 14.6. The third-order valence-corrected chi connectivity index (χ3v) is 5.36. The van der Waals surface area contributed by atoms with Gasteiger partial charge in [0.2, 0.25) is 0 Å². The summed E-state index contributed by atoms with van der Waals surface area (Å²) in [7, 11) is 0. The molecule has 5 heteroatoms. The zero-order valence-electron chi connectivity index (χ0n) is 14.6. The minimum atomic E-state index is 0.000515. The molecule has 25 heavy (non-hydrogen) atoms. The van der Waals surface area contributed by atoms with Crippen LogP contribution in [0, 0.1) is 0 Å². The lowest BCUT2D eigenvalue weighted by molar-refractivity contribution is 0.0861. The molecule has 2 aromatic rings. The predicted octanol–water partition coefficient (Wildman–Crippen LogP) is 3.45. The fourth-order valence-electron chi connectivity index (χ4n) is 4.03. The third kappa shape index (κ3) is 3.24. The molecule has 0 saturated carbocycles. The van der Waals surface area contributed by atoms with Crippen molar-refractivity contribution >= 4 is 11.7 Å². The molecule has 2 atom stereocenters. The van der Waals surface area contributed by atoms with Gasteiger partial charge in [-0.15, -0.1) is 0 Å². The lowest BCUT2D eigenvalue weighted by Crippen LogP contribution is -2.57. The number of fused-ring (bicyclic) bond motifs is 1. The summed E-state index contributed by atoms with van der Waals surface area (Å²) in [5.41, 5.74) is 2.92. The molecule has 130 valence electrons. The summed E-state index contributed by atoms with van der Waals surface area (Å²) in [5.74, 6) is 0. The average Bonchev–Trinajstić information content (AvgIpc) is 3.09. The Balaban J connectivity index is 1.53. The molecular weight excluding hydrogens is 312 g/mol. The van der Waals surface area contributed by atoms with Gasteiger partial charge in [-0.25, -0.2) is 4.79 Å². The SMILES string of the molecule is C[C@@H]1CN2CCC[C@H]2CN1C(=O)Nc1ccccc1-c1ccncc1. The van der Waals surface area contributed by atoms with Crippen molar-refractivity contribution in [3.8, 4) is 11.1 Å². The van der Waals surface area contributed by atoms with Crippen LogP contribution in [0.1, 0.15) is 19.8 Å². The molecule has 0 spiro atoms.